The fourth-order valence-corrected chi connectivity index (χ4v) is 4.44. The second kappa shape index (κ2) is 6.46. The van der Waals surface area contributed by atoms with Crippen molar-refractivity contribution in [1.29, 1.82) is 0 Å². The van der Waals surface area contributed by atoms with Crippen molar-refractivity contribution in [3.8, 4) is 0 Å². The Morgan fingerprint density at radius 2 is 2.35 bits per heavy atom. The van der Waals surface area contributed by atoms with E-state index in [1.165, 1.54) is 17.7 Å². The molecule has 110 valence electrons. The largest absolute Gasteiger partial charge is 0.314 e. The molecule has 3 unspecified atom stereocenters. The highest BCUT2D eigenvalue weighted by Gasteiger charge is 2.24. The standard InChI is InChI=1S/C16H23FN2S/c1-11(9-13-3-2-7-18-13)19-15-6-8-20-16-5-4-12(17)10-14(15)16/h4-5,10-11,13,15,18-19H,2-3,6-9H2,1H3. The second-order valence-electron chi connectivity index (χ2n) is 5.97. The van der Waals surface area contributed by atoms with E-state index in [9.17, 15) is 4.39 Å². The molecule has 1 aromatic rings. The summed E-state index contributed by atoms with van der Waals surface area (Å²) in [6.07, 6.45) is 4.83. The average Bonchev–Trinajstić information content (AvgIpc) is 2.92. The minimum absolute atomic E-state index is 0.122. The molecule has 2 nitrogen and oxygen atoms in total. The average molecular weight is 294 g/mol. The number of hydrogen-bond acceptors (Lipinski definition) is 3. The highest BCUT2D eigenvalue weighted by atomic mass is 32.2. The van der Waals surface area contributed by atoms with Gasteiger partial charge in [0.25, 0.3) is 0 Å². The predicted molar refractivity (Wildman–Crippen MR) is 82.7 cm³/mol. The minimum Gasteiger partial charge on any atom is -0.314 e. The zero-order chi connectivity index (χ0) is 13.9. The van der Waals surface area contributed by atoms with Crippen LogP contribution in [0.2, 0.25) is 0 Å². The molecule has 0 spiro atoms. The molecular formula is C16H23FN2S. The first-order chi connectivity index (χ1) is 9.72. The van der Waals surface area contributed by atoms with Crippen molar-refractivity contribution in [3.05, 3.63) is 29.6 Å². The van der Waals surface area contributed by atoms with Crippen molar-refractivity contribution in [3.63, 3.8) is 0 Å². The first kappa shape index (κ1) is 14.4. The number of fused-ring (bicyclic) bond motifs is 1. The van der Waals surface area contributed by atoms with Crippen molar-refractivity contribution in [2.75, 3.05) is 12.3 Å². The van der Waals surface area contributed by atoms with Crippen LogP contribution in [0.5, 0.6) is 0 Å². The molecule has 2 aliphatic heterocycles. The van der Waals surface area contributed by atoms with Crippen molar-refractivity contribution < 1.29 is 4.39 Å². The summed E-state index contributed by atoms with van der Waals surface area (Å²) in [5.74, 6) is 0.994. The van der Waals surface area contributed by atoms with Crippen LogP contribution in [0.1, 0.15) is 44.2 Å². The third kappa shape index (κ3) is 3.35. The molecule has 3 rings (SSSR count). The van der Waals surface area contributed by atoms with Crippen LogP contribution in [-0.4, -0.2) is 24.4 Å². The molecule has 0 aliphatic carbocycles. The summed E-state index contributed by atoms with van der Waals surface area (Å²) in [6, 6.07) is 6.63. The summed E-state index contributed by atoms with van der Waals surface area (Å²) in [6.45, 7) is 3.41. The van der Waals surface area contributed by atoms with Crippen LogP contribution in [0, 0.1) is 5.82 Å². The van der Waals surface area contributed by atoms with Crippen LogP contribution in [0.15, 0.2) is 23.1 Å². The number of hydrogen-bond donors (Lipinski definition) is 2. The van der Waals surface area contributed by atoms with Gasteiger partial charge in [-0.1, -0.05) is 0 Å². The Bertz CT molecular complexity index is 460. The lowest BCUT2D eigenvalue weighted by Gasteiger charge is -2.30. The van der Waals surface area contributed by atoms with Gasteiger partial charge in [0, 0.05) is 23.0 Å². The normalized spacial score (nSPS) is 27.3. The zero-order valence-corrected chi connectivity index (χ0v) is 12.8. The molecule has 1 fully saturated rings. The van der Waals surface area contributed by atoms with Crippen LogP contribution in [0.3, 0.4) is 0 Å². The van der Waals surface area contributed by atoms with E-state index in [2.05, 4.69) is 17.6 Å². The molecule has 0 bridgehead atoms. The fourth-order valence-electron chi connectivity index (χ4n) is 3.33. The molecule has 2 heterocycles. The summed E-state index contributed by atoms with van der Waals surface area (Å²) < 4.78 is 13.5. The van der Waals surface area contributed by atoms with Crippen LogP contribution in [0.4, 0.5) is 4.39 Å². The predicted octanol–water partition coefficient (Wildman–Crippen LogP) is 3.48. The lowest BCUT2D eigenvalue weighted by atomic mass is 10.0. The Labute approximate surface area is 124 Å². The molecule has 4 heteroatoms. The molecule has 0 saturated carbocycles. The Morgan fingerprint density at radius 3 is 3.15 bits per heavy atom. The van der Waals surface area contributed by atoms with Crippen molar-refractivity contribution >= 4 is 11.8 Å². The zero-order valence-electron chi connectivity index (χ0n) is 12.0. The number of thioether (sulfide) groups is 1. The summed E-state index contributed by atoms with van der Waals surface area (Å²) in [7, 11) is 0. The minimum atomic E-state index is -0.122. The van der Waals surface area contributed by atoms with Crippen LogP contribution >= 0.6 is 11.8 Å². The van der Waals surface area contributed by atoms with Crippen molar-refractivity contribution in [2.24, 2.45) is 0 Å². The van der Waals surface area contributed by atoms with Crippen LogP contribution in [0.25, 0.3) is 0 Å². The number of nitrogens with one attached hydrogen (secondary N) is 2. The van der Waals surface area contributed by atoms with Gasteiger partial charge >= 0.3 is 0 Å². The maximum atomic E-state index is 13.5. The van der Waals surface area contributed by atoms with Gasteiger partial charge in [0.1, 0.15) is 5.82 Å². The van der Waals surface area contributed by atoms with Crippen molar-refractivity contribution in [2.45, 2.75) is 55.6 Å². The van der Waals surface area contributed by atoms with Gasteiger partial charge in [-0.05, 0) is 68.7 Å². The third-order valence-electron chi connectivity index (χ3n) is 4.30. The van der Waals surface area contributed by atoms with Gasteiger partial charge in [-0.2, -0.15) is 0 Å². The van der Waals surface area contributed by atoms with E-state index >= 15 is 0 Å². The summed E-state index contributed by atoms with van der Waals surface area (Å²) in [4.78, 5) is 1.24. The van der Waals surface area contributed by atoms with E-state index in [4.69, 9.17) is 0 Å². The maximum absolute atomic E-state index is 13.5. The molecule has 2 aliphatic rings. The van der Waals surface area contributed by atoms with Gasteiger partial charge in [-0.25, -0.2) is 4.39 Å². The first-order valence-electron chi connectivity index (χ1n) is 7.64. The molecule has 1 aromatic carbocycles. The molecule has 0 aromatic heterocycles. The van der Waals surface area contributed by atoms with Crippen LogP contribution < -0.4 is 10.6 Å². The molecule has 1 saturated heterocycles. The lowest BCUT2D eigenvalue weighted by Crippen LogP contribution is -2.37. The van der Waals surface area contributed by atoms with E-state index < -0.39 is 0 Å². The first-order valence-corrected chi connectivity index (χ1v) is 8.62. The van der Waals surface area contributed by atoms with Gasteiger partial charge in [-0.3, -0.25) is 0 Å². The molecule has 3 atom stereocenters. The topological polar surface area (TPSA) is 24.1 Å². The molecule has 2 N–H and O–H groups in total. The van der Waals surface area contributed by atoms with Gasteiger partial charge in [0.2, 0.25) is 0 Å². The monoisotopic (exact) mass is 294 g/mol. The smallest absolute Gasteiger partial charge is 0.123 e. The summed E-state index contributed by atoms with van der Waals surface area (Å²) >= 11 is 1.84. The summed E-state index contributed by atoms with van der Waals surface area (Å²) in [5.41, 5.74) is 1.15. The maximum Gasteiger partial charge on any atom is 0.123 e. The molecular weight excluding hydrogens is 271 g/mol. The van der Waals surface area contributed by atoms with E-state index in [0.29, 0.717) is 18.1 Å². The Morgan fingerprint density at radius 1 is 1.45 bits per heavy atom. The fraction of sp³-hybridized carbons (Fsp3) is 0.625. The van der Waals surface area contributed by atoms with Crippen LogP contribution in [-0.2, 0) is 0 Å². The number of benzene rings is 1. The Kier molecular flexibility index (Phi) is 4.64. The van der Waals surface area contributed by atoms with Gasteiger partial charge < -0.3 is 10.6 Å². The lowest BCUT2D eigenvalue weighted by molar-refractivity contribution is 0.385. The van der Waals surface area contributed by atoms with Gasteiger partial charge in [-0.15, -0.1) is 11.8 Å². The van der Waals surface area contributed by atoms with Gasteiger partial charge in [0.15, 0.2) is 0 Å². The summed E-state index contributed by atoms with van der Waals surface area (Å²) in [5, 5.41) is 7.26. The number of rotatable bonds is 4. The van der Waals surface area contributed by atoms with E-state index in [1.807, 2.05) is 17.8 Å². The molecule has 0 radical (unpaired) electrons. The van der Waals surface area contributed by atoms with E-state index in [-0.39, 0.29) is 5.82 Å². The Balaban J connectivity index is 1.64. The van der Waals surface area contributed by atoms with E-state index in [1.54, 1.807) is 12.1 Å². The second-order valence-corrected chi connectivity index (χ2v) is 7.11. The van der Waals surface area contributed by atoms with E-state index in [0.717, 1.165) is 30.7 Å². The molecule has 20 heavy (non-hydrogen) atoms. The highest BCUT2D eigenvalue weighted by molar-refractivity contribution is 7.99. The third-order valence-corrected chi connectivity index (χ3v) is 5.42. The SMILES string of the molecule is CC(CC1CCCN1)NC1CCSc2ccc(F)cc21. The number of halogens is 1. The quantitative estimate of drug-likeness (QED) is 0.889. The molecule has 0 amide bonds. The van der Waals surface area contributed by atoms with Gasteiger partial charge in [0.05, 0.1) is 0 Å². The highest BCUT2D eigenvalue weighted by Crippen LogP contribution is 2.36. The Hall–Kier alpha value is -0.580. The van der Waals surface area contributed by atoms with Crippen molar-refractivity contribution in [1.82, 2.24) is 10.6 Å².